The number of benzene rings is 3. The van der Waals surface area contributed by atoms with Gasteiger partial charge in [-0.3, -0.25) is 19.7 Å². The zero-order valence-corrected chi connectivity index (χ0v) is 22.6. The first-order chi connectivity index (χ1) is 18.9. The maximum Gasteiger partial charge on any atom is 0.255 e. The summed E-state index contributed by atoms with van der Waals surface area (Å²) in [4.78, 5) is 47.3. The Balaban J connectivity index is 1.36. The van der Waals surface area contributed by atoms with Crippen LogP contribution < -0.4 is 10.6 Å². The van der Waals surface area contributed by atoms with E-state index < -0.39 is 6.04 Å². The number of rotatable bonds is 9. The minimum atomic E-state index is -0.802. The summed E-state index contributed by atoms with van der Waals surface area (Å²) in [5.41, 5.74) is 4.51. The van der Waals surface area contributed by atoms with Gasteiger partial charge in [0.15, 0.2) is 5.13 Å². The molecule has 0 fully saturated rings. The van der Waals surface area contributed by atoms with Crippen LogP contribution in [0.1, 0.15) is 37.9 Å². The highest BCUT2D eigenvalue weighted by molar-refractivity contribution is 7.13. The molecule has 0 bridgehead atoms. The van der Waals surface area contributed by atoms with Gasteiger partial charge in [-0.05, 0) is 54.5 Å². The van der Waals surface area contributed by atoms with Gasteiger partial charge in [-0.25, -0.2) is 4.98 Å². The van der Waals surface area contributed by atoms with Crippen molar-refractivity contribution in [1.29, 1.82) is 0 Å². The number of aromatic nitrogens is 1. The van der Waals surface area contributed by atoms with Crippen molar-refractivity contribution < 1.29 is 14.4 Å². The molecular formula is C30H29N5O3S. The molecule has 198 valence electrons. The minimum absolute atomic E-state index is 0.119. The summed E-state index contributed by atoms with van der Waals surface area (Å²) >= 11 is 1.33. The lowest BCUT2D eigenvalue weighted by Gasteiger charge is -2.27. The Morgan fingerprint density at radius 1 is 1.03 bits per heavy atom. The fraction of sp³-hybridized carbons (Fsp3) is 0.200. The highest BCUT2D eigenvalue weighted by Crippen LogP contribution is 2.35. The first kappa shape index (κ1) is 26.3. The maximum atomic E-state index is 13.7. The van der Waals surface area contributed by atoms with Crippen molar-refractivity contribution in [3.63, 3.8) is 0 Å². The summed E-state index contributed by atoms with van der Waals surface area (Å²) in [5.74, 6) is -0.630. The quantitative estimate of drug-likeness (QED) is 0.328. The number of anilines is 1. The smallest absolute Gasteiger partial charge is 0.255 e. The SMILES string of the molecule is CN(C)CCNC(=O)c1ccc(-c2ccc3c(c2)C(=O)N([C@@H](C(=O)Nc2nccs2)c2ccccc2)C3)cc1. The van der Waals surface area contributed by atoms with Gasteiger partial charge in [-0.15, -0.1) is 11.3 Å². The van der Waals surface area contributed by atoms with Gasteiger partial charge < -0.3 is 15.1 Å². The topological polar surface area (TPSA) is 94.6 Å². The zero-order valence-electron chi connectivity index (χ0n) is 21.8. The lowest BCUT2D eigenvalue weighted by Crippen LogP contribution is -2.37. The molecule has 2 heterocycles. The molecule has 0 radical (unpaired) electrons. The van der Waals surface area contributed by atoms with Crippen molar-refractivity contribution in [3.05, 3.63) is 107 Å². The number of thiazole rings is 1. The largest absolute Gasteiger partial charge is 0.351 e. The number of amides is 3. The molecule has 1 aromatic heterocycles. The van der Waals surface area contributed by atoms with Crippen LogP contribution in [0, 0.1) is 0 Å². The molecule has 9 heteroatoms. The van der Waals surface area contributed by atoms with Crippen molar-refractivity contribution >= 4 is 34.2 Å². The Kier molecular flexibility index (Phi) is 7.81. The lowest BCUT2D eigenvalue weighted by molar-refractivity contribution is -0.120. The summed E-state index contributed by atoms with van der Waals surface area (Å²) in [6.45, 7) is 1.66. The van der Waals surface area contributed by atoms with Gasteiger partial charge in [0.05, 0.1) is 0 Å². The van der Waals surface area contributed by atoms with E-state index in [1.165, 1.54) is 11.3 Å². The molecule has 0 unspecified atom stereocenters. The molecule has 1 aliphatic heterocycles. The summed E-state index contributed by atoms with van der Waals surface area (Å²) in [6.07, 6.45) is 1.63. The Bertz CT molecular complexity index is 1470. The summed E-state index contributed by atoms with van der Waals surface area (Å²) in [6, 6.07) is 21.6. The monoisotopic (exact) mass is 539 g/mol. The van der Waals surface area contributed by atoms with E-state index in [0.29, 0.717) is 29.3 Å². The molecule has 39 heavy (non-hydrogen) atoms. The number of hydrogen-bond donors (Lipinski definition) is 2. The van der Waals surface area contributed by atoms with E-state index in [1.54, 1.807) is 28.6 Å². The molecule has 8 nitrogen and oxygen atoms in total. The van der Waals surface area contributed by atoms with Gasteiger partial charge >= 0.3 is 0 Å². The Hall–Kier alpha value is -4.34. The number of nitrogens with zero attached hydrogens (tertiary/aromatic N) is 3. The van der Waals surface area contributed by atoms with Crippen LogP contribution in [0.3, 0.4) is 0 Å². The van der Waals surface area contributed by atoms with E-state index in [9.17, 15) is 14.4 Å². The number of hydrogen-bond acceptors (Lipinski definition) is 6. The summed E-state index contributed by atoms with van der Waals surface area (Å²) < 4.78 is 0. The molecule has 3 amide bonds. The molecule has 1 atom stereocenters. The van der Waals surface area contributed by atoms with Crippen LogP contribution >= 0.6 is 11.3 Å². The lowest BCUT2D eigenvalue weighted by atomic mass is 9.99. The molecule has 5 rings (SSSR count). The third-order valence-corrected chi connectivity index (χ3v) is 7.29. The van der Waals surface area contributed by atoms with Crippen molar-refractivity contribution in [3.8, 4) is 11.1 Å². The predicted molar refractivity (Wildman–Crippen MR) is 153 cm³/mol. The molecule has 2 N–H and O–H groups in total. The second-order valence-corrected chi connectivity index (χ2v) is 10.5. The normalized spacial score (nSPS) is 13.3. The summed E-state index contributed by atoms with van der Waals surface area (Å²) in [5, 5.41) is 8.04. The molecule has 0 saturated heterocycles. The predicted octanol–water partition coefficient (Wildman–Crippen LogP) is 4.44. The second kappa shape index (κ2) is 11.6. The highest BCUT2D eigenvalue weighted by Gasteiger charge is 2.37. The second-order valence-electron chi connectivity index (χ2n) is 9.58. The van der Waals surface area contributed by atoms with Crippen LogP contribution in [0.4, 0.5) is 5.13 Å². The molecule has 0 saturated carbocycles. The third kappa shape index (κ3) is 5.89. The molecule has 0 spiro atoms. The van der Waals surface area contributed by atoms with E-state index in [1.807, 2.05) is 79.7 Å². The van der Waals surface area contributed by atoms with E-state index in [2.05, 4.69) is 15.6 Å². The zero-order chi connectivity index (χ0) is 27.4. The van der Waals surface area contributed by atoms with Crippen LogP contribution in [0.15, 0.2) is 84.4 Å². The maximum absolute atomic E-state index is 13.7. The number of carbonyl (C=O) groups is 3. The van der Waals surface area contributed by atoms with Gasteiger partial charge in [0, 0.05) is 42.3 Å². The van der Waals surface area contributed by atoms with Crippen molar-refractivity contribution in [2.24, 2.45) is 0 Å². The van der Waals surface area contributed by atoms with Crippen molar-refractivity contribution in [1.82, 2.24) is 20.1 Å². The van der Waals surface area contributed by atoms with Gasteiger partial charge in [-0.2, -0.15) is 0 Å². The molecule has 4 aromatic rings. The van der Waals surface area contributed by atoms with Gasteiger partial charge in [0.1, 0.15) is 6.04 Å². The Labute approximate surface area is 231 Å². The standard InChI is InChI=1S/C30H29N5O3S/c1-34(2)16-14-31-27(36)22-10-8-20(9-11-22)23-12-13-24-19-35(29(38)25(24)18-23)26(21-6-4-3-5-7-21)28(37)33-30-32-15-17-39-30/h3-13,15,17-18,26H,14,16,19H2,1-2H3,(H,31,36)(H,32,33,37)/t26-/m1/s1. The Morgan fingerprint density at radius 3 is 2.46 bits per heavy atom. The highest BCUT2D eigenvalue weighted by atomic mass is 32.1. The van der Waals surface area contributed by atoms with Crippen LogP contribution in [-0.2, 0) is 11.3 Å². The van der Waals surface area contributed by atoms with Crippen molar-refractivity contribution in [2.75, 3.05) is 32.5 Å². The van der Waals surface area contributed by atoms with E-state index in [0.717, 1.165) is 28.8 Å². The van der Waals surface area contributed by atoms with E-state index in [-0.39, 0.29) is 17.7 Å². The fourth-order valence-electron chi connectivity index (χ4n) is 4.59. The molecular weight excluding hydrogens is 510 g/mol. The first-order valence-electron chi connectivity index (χ1n) is 12.6. The van der Waals surface area contributed by atoms with Crippen molar-refractivity contribution in [2.45, 2.75) is 12.6 Å². The van der Waals surface area contributed by atoms with E-state index in [4.69, 9.17) is 0 Å². The van der Waals surface area contributed by atoms with E-state index >= 15 is 0 Å². The fourth-order valence-corrected chi connectivity index (χ4v) is 5.12. The van der Waals surface area contributed by atoms with Gasteiger partial charge in [0.2, 0.25) is 0 Å². The van der Waals surface area contributed by atoms with Gasteiger partial charge in [-0.1, -0.05) is 54.6 Å². The van der Waals surface area contributed by atoms with Gasteiger partial charge in [0.25, 0.3) is 17.7 Å². The van der Waals surface area contributed by atoms with Crippen LogP contribution in [0.25, 0.3) is 11.1 Å². The molecule has 1 aliphatic rings. The molecule has 3 aromatic carbocycles. The minimum Gasteiger partial charge on any atom is -0.351 e. The number of likely N-dealkylation sites (N-methyl/N-ethyl adjacent to an activating group) is 1. The van der Waals surface area contributed by atoms with Crippen LogP contribution in [-0.4, -0.2) is 59.7 Å². The summed E-state index contributed by atoms with van der Waals surface area (Å²) in [7, 11) is 3.92. The number of nitrogens with one attached hydrogen (secondary N) is 2. The average molecular weight is 540 g/mol. The molecule has 0 aliphatic carbocycles. The Morgan fingerprint density at radius 2 is 1.77 bits per heavy atom. The average Bonchev–Trinajstić information content (AvgIpc) is 3.57. The number of fused-ring (bicyclic) bond motifs is 1. The number of carbonyl (C=O) groups excluding carboxylic acids is 3. The van der Waals surface area contributed by atoms with Crippen LogP contribution in [0.5, 0.6) is 0 Å². The first-order valence-corrected chi connectivity index (χ1v) is 13.5. The van der Waals surface area contributed by atoms with Crippen LogP contribution in [0.2, 0.25) is 0 Å². The third-order valence-electron chi connectivity index (χ3n) is 6.60.